The van der Waals surface area contributed by atoms with Gasteiger partial charge in [-0.25, -0.2) is 8.78 Å². The molecule has 1 aliphatic rings. The minimum absolute atomic E-state index is 0.149. The number of amides is 1. The van der Waals surface area contributed by atoms with Crippen LogP contribution in [-0.2, 0) is 11.2 Å². The molecule has 1 heterocycles. The van der Waals surface area contributed by atoms with E-state index in [-0.39, 0.29) is 12.3 Å². The Bertz CT molecular complexity index is 395. The first-order chi connectivity index (χ1) is 7.46. The standard InChI is InChI=1S/C11H12F2N2O/c12-11(13)6-15(7-11)10(16)5-8-1-3-9(14)4-2-8/h1-4H,5-7,14H2. The molecule has 0 saturated carbocycles. The third-order valence-electron chi connectivity index (χ3n) is 2.53. The zero-order valence-corrected chi connectivity index (χ0v) is 8.62. The van der Waals surface area contributed by atoms with Gasteiger partial charge >= 0.3 is 0 Å². The summed E-state index contributed by atoms with van der Waals surface area (Å²) in [4.78, 5) is 12.7. The number of nitrogens with zero attached hydrogens (tertiary/aromatic N) is 1. The summed E-state index contributed by atoms with van der Waals surface area (Å²) in [5.41, 5.74) is 6.90. The molecule has 0 unspecified atom stereocenters. The van der Waals surface area contributed by atoms with E-state index >= 15 is 0 Å². The lowest BCUT2D eigenvalue weighted by atomic mass is 10.1. The molecule has 0 spiro atoms. The second-order valence-corrected chi connectivity index (χ2v) is 4.02. The van der Waals surface area contributed by atoms with E-state index in [0.29, 0.717) is 5.69 Å². The van der Waals surface area contributed by atoms with Crippen molar-refractivity contribution in [2.45, 2.75) is 12.3 Å². The van der Waals surface area contributed by atoms with E-state index in [0.717, 1.165) is 10.5 Å². The van der Waals surface area contributed by atoms with Crippen molar-refractivity contribution in [1.29, 1.82) is 0 Å². The number of halogens is 2. The highest BCUT2D eigenvalue weighted by molar-refractivity contribution is 5.79. The highest BCUT2D eigenvalue weighted by Crippen LogP contribution is 2.27. The highest BCUT2D eigenvalue weighted by Gasteiger charge is 2.45. The molecule has 0 aliphatic carbocycles. The molecule has 0 atom stereocenters. The lowest BCUT2D eigenvalue weighted by Gasteiger charge is -2.38. The van der Waals surface area contributed by atoms with E-state index in [2.05, 4.69) is 0 Å². The average Bonchev–Trinajstić information content (AvgIpc) is 2.18. The predicted molar refractivity (Wildman–Crippen MR) is 56.1 cm³/mol. The minimum atomic E-state index is -2.70. The number of carbonyl (C=O) groups excluding carboxylic acids is 1. The van der Waals surface area contributed by atoms with E-state index in [1.807, 2.05) is 0 Å². The molecule has 2 rings (SSSR count). The molecule has 5 heteroatoms. The van der Waals surface area contributed by atoms with Gasteiger partial charge in [-0.2, -0.15) is 0 Å². The maximum absolute atomic E-state index is 12.5. The maximum atomic E-state index is 12.5. The van der Waals surface area contributed by atoms with Crippen LogP contribution >= 0.6 is 0 Å². The number of hydrogen-bond donors (Lipinski definition) is 1. The number of rotatable bonds is 2. The largest absolute Gasteiger partial charge is 0.399 e. The van der Waals surface area contributed by atoms with Crippen LogP contribution in [0.1, 0.15) is 5.56 Å². The SMILES string of the molecule is Nc1ccc(CC(=O)N2CC(F)(F)C2)cc1. The first-order valence-electron chi connectivity index (χ1n) is 4.96. The molecule has 3 nitrogen and oxygen atoms in total. The molecule has 0 aromatic heterocycles. The van der Waals surface area contributed by atoms with Crippen molar-refractivity contribution in [1.82, 2.24) is 4.90 Å². The molecule has 1 saturated heterocycles. The number of likely N-dealkylation sites (tertiary alicyclic amines) is 1. The fourth-order valence-electron chi connectivity index (χ4n) is 1.61. The van der Waals surface area contributed by atoms with Crippen LogP contribution in [0.5, 0.6) is 0 Å². The predicted octanol–water partition coefficient (Wildman–Crippen LogP) is 1.29. The molecule has 1 aromatic rings. The number of benzene rings is 1. The topological polar surface area (TPSA) is 46.3 Å². The second-order valence-electron chi connectivity index (χ2n) is 4.02. The van der Waals surface area contributed by atoms with Gasteiger partial charge in [0.15, 0.2) is 0 Å². The quantitative estimate of drug-likeness (QED) is 0.772. The summed E-state index contributed by atoms with van der Waals surface area (Å²) in [5.74, 6) is -2.97. The zero-order chi connectivity index (χ0) is 11.8. The molecule has 1 aromatic carbocycles. The van der Waals surface area contributed by atoms with Crippen molar-refractivity contribution in [3.05, 3.63) is 29.8 Å². The van der Waals surface area contributed by atoms with E-state index in [1.54, 1.807) is 24.3 Å². The van der Waals surface area contributed by atoms with Crippen molar-refractivity contribution < 1.29 is 13.6 Å². The van der Waals surface area contributed by atoms with Crippen molar-refractivity contribution in [2.75, 3.05) is 18.8 Å². The Morgan fingerprint density at radius 1 is 1.31 bits per heavy atom. The van der Waals surface area contributed by atoms with Crippen LogP contribution in [0.25, 0.3) is 0 Å². The van der Waals surface area contributed by atoms with Crippen LogP contribution in [0.3, 0.4) is 0 Å². The first kappa shape index (κ1) is 10.9. The number of carbonyl (C=O) groups is 1. The van der Waals surface area contributed by atoms with Crippen molar-refractivity contribution >= 4 is 11.6 Å². The third kappa shape index (κ3) is 2.29. The van der Waals surface area contributed by atoms with Crippen LogP contribution in [-0.4, -0.2) is 29.8 Å². The maximum Gasteiger partial charge on any atom is 0.282 e. The summed E-state index contributed by atoms with van der Waals surface area (Å²) in [6.45, 7) is -0.915. The fraction of sp³-hybridized carbons (Fsp3) is 0.364. The van der Waals surface area contributed by atoms with Gasteiger partial charge in [0.1, 0.15) is 0 Å². The van der Waals surface area contributed by atoms with E-state index in [4.69, 9.17) is 5.73 Å². The van der Waals surface area contributed by atoms with Crippen LogP contribution in [0, 0.1) is 0 Å². The van der Waals surface area contributed by atoms with E-state index < -0.39 is 19.0 Å². The Hall–Kier alpha value is -1.65. The summed E-state index contributed by atoms with van der Waals surface area (Å²) < 4.78 is 25.1. The number of nitrogen functional groups attached to an aromatic ring is 1. The number of nitrogens with two attached hydrogens (primary N) is 1. The van der Waals surface area contributed by atoms with Gasteiger partial charge in [-0.15, -0.1) is 0 Å². The monoisotopic (exact) mass is 226 g/mol. The number of hydrogen-bond acceptors (Lipinski definition) is 2. The van der Waals surface area contributed by atoms with E-state index in [9.17, 15) is 13.6 Å². The van der Waals surface area contributed by atoms with Gasteiger partial charge in [-0.3, -0.25) is 4.79 Å². The van der Waals surface area contributed by atoms with Gasteiger partial charge in [-0.05, 0) is 17.7 Å². The van der Waals surface area contributed by atoms with Crippen LogP contribution in [0.2, 0.25) is 0 Å². The Balaban J connectivity index is 1.91. The smallest absolute Gasteiger partial charge is 0.282 e. The van der Waals surface area contributed by atoms with Crippen molar-refractivity contribution in [3.63, 3.8) is 0 Å². The fourth-order valence-corrected chi connectivity index (χ4v) is 1.61. The molecule has 1 fully saturated rings. The minimum Gasteiger partial charge on any atom is -0.399 e. The summed E-state index contributed by atoms with van der Waals surface area (Å²) in [5, 5.41) is 0. The molecular weight excluding hydrogens is 214 g/mol. The Kier molecular flexibility index (Phi) is 2.53. The highest BCUT2D eigenvalue weighted by atomic mass is 19.3. The molecule has 1 amide bonds. The lowest BCUT2D eigenvalue weighted by molar-refractivity contribution is -0.165. The van der Waals surface area contributed by atoms with Crippen molar-refractivity contribution in [3.8, 4) is 0 Å². The Morgan fingerprint density at radius 2 is 1.88 bits per heavy atom. The average molecular weight is 226 g/mol. The first-order valence-corrected chi connectivity index (χ1v) is 4.96. The molecule has 16 heavy (non-hydrogen) atoms. The van der Waals surface area contributed by atoms with Gasteiger partial charge in [0.05, 0.1) is 19.5 Å². The lowest BCUT2D eigenvalue weighted by Crippen LogP contribution is -2.58. The summed E-state index contributed by atoms with van der Waals surface area (Å²) in [7, 11) is 0. The van der Waals surface area contributed by atoms with Gasteiger partial charge < -0.3 is 10.6 Å². The molecule has 86 valence electrons. The summed E-state index contributed by atoms with van der Waals surface area (Å²) in [6.07, 6.45) is 0.149. The van der Waals surface area contributed by atoms with Crippen molar-refractivity contribution in [2.24, 2.45) is 0 Å². The third-order valence-corrected chi connectivity index (χ3v) is 2.53. The zero-order valence-electron chi connectivity index (χ0n) is 8.62. The van der Waals surface area contributed by atoms with Crippen LogP contribution in [0.4, 0.5) is 14.5 Å². The van der Waals surface area contributed by atoms with Gasteiger partial charge in [0, 0.05) is 5.69 Å². The number of alkyl halides is 2. The Labute approximate surface area is 91.8 Å². The summed E-state index contributed by atoms with van der Waals surface area (Å²) >= 11 is 0. The molecule has 0 bridgehead atoms. The molecular formula is C11H12F2N2O. The molecule has 2 N–H and O–H groups in total. The van der Waals surface area contributed by atoms with Gasteiger partial charge in [0.25, 0.3) is 5.92 Å². The Morgan fingerprint density at radius 3 is 2.38 bits per heavy atom. The molecule has 1 aliphatic heterocycles. The second kappa shape index (κ2) is 3.73. The van der Waals surface area contributed by atoms with Crippen LogP contribution < -0.4 is 5.73 Å². The summed E-state index contributed by atoms with van der Waals surface area (Å²) in [6, 6.07) is 6.83. The number of anilines is 1. The van der Waals surface area contributed by atoms with Gasteiger partial charge in [0.2, 0.25) is 5.91 Å². The normalized spacial score (nSPS) is 18.0. The molecule has 0 radical (unpaired) electrons. The van der Waals surface area contributed by atoms with E-state index in [1.165, 1.54) is 0 Å². The van der Waals surface area contributed by atoms with Crippen LogP contribution in [0.15, 0.2) is 24.3 Å². The van der Waals surface area contributed by atoms with Gasteiger partial charge in [-0.1, -0.05) is 12.1 Å².